The molecule has 0 saturated carbocycles. The second-order valence-corrected chi connectivity index (χ2v) is 4.07. The molecule has 4 nitrogen and oxygen atoms in total. The summed E-state index contributed by atoms with van der Waals surface area (Å²) < 4.78 is 5.06. The molecule has 0 aliphatic rings. The molecule has 1 N–H and O–H groups in total. The number of aliphatic carboxylic acids is 1. The minimum atomic E-state index is -0.827. The van der Waals surface area contributed by atoms with Crippen LogP contribution in [0.3, 0.4) is 0 Å². The summed E-state index contributed by atoms with van der Waals surface area (Å²) in [6.45, 7) is 3.19. The van der Waals surface area contributed by atoms with Gasteiger partial charge in [-0.3, -0.25) is 9.69 Å². The van der Waals surface area contributed by atoms with Gasteiger partial charge in [-0.05, 0) is 24.2 Å². The van der Waals surface area contributed by atoms with Gasteiger partial charge in [0.25, 0.3) is 0 Å². The summed E-state index contributed by atoms with van der Waals surface area (Å²) in [6, 6.07) is 5.46. The van der Waals surface area contributed by atoms with Crippen LogP contribution in [-0.2, 0) is 11.3 Å². The lowest BCUT2D eigenvalue weighted by Crippen LogP contribution is -2.29. The first-order valence-electron chi connectivity index (χ1n) is 5.33. The molecule has 0 aliphatic carbocycles. The van der Waals surface area contributed by atoms with E-state index in [1.807, 2.05) is 17.9 Å². The zero-order chi connectivity index (χ0) is 12.8. The molecule has 94 valence electrons. The van der Waals surface area contributed by atoms with E-state index in [-0.39, 0.29) is 6.54 Å². The Kier molecular flexibility index (Phi) is 5.25. The van der Waals surface area contributed by atoms with Crippen LogP contribution in [0.15, 0.2) is 18.2 Å². The number of halogens is 1. The van der Waals surface area contributed by atoms with E-state index in [4.69, 9.17) is 21.4 Å². The number of carboxylic acids is 1. The molecule has 0 radical (unpaired) electrons. The molecular formula is C12H16ClNO3. The fraction of sp³-hybridized carbons (Fsp3) is 0.417. The van der Waals surface area contributed by atoms with E-state index in [0.717, 1.165) is 5.56 Å². The van der Waals surface area contributed by atoms with Crippen molar-refractivity contribution in [2.24, 2.45) is 0 Å². The maximum atomic E-state index is 10.6. The van der Waals surface area contributed by atoms with Gasteiger partial charge in [-0.1, -0.05) is 24.6 Å². The Morgan fingerprint density at radius 3 is 2.71 bits per heavy atom. The topological polar surface area (TPSA) is 49.8 Å². The smallest absolute Gasteiger partial charge is 0.317 e. The number of methoxy groups -OCH3 is 1. The highest BCUT2D eigenvalue weighted by Crippen LogP contribution is 2.25. The van der Waals surface area contributed by atoms with Crippen molar-refractivity contribution in [3.05, 3.63) is 28.8 Å². The quantitative estimate of drug-likeness (QED) is 0.849. The fourth-order valence-electron chi connectivity index (χ4n) is 1.54. The highest BCUT2D eigenvalue weighted by Gasteiger charge is 2.09. The molecule has 0 amide bonds. The van der Waals surface area contributed by atoms with Crippen molar-refractivity contribution in [1.82, 2.24) is 4.90 Å². The Bertz CT molecular complexity index is 395. The molecule has 0 spiro atoms. The lowest BCUT2D eigenvalue weighted by molar-refractivity contribution is -0.138. The molecule has 1 rings (SSSR count). The lowest BCUT2D eigenvalue weighted by atomic mass is 10.2. The normalized spacial score (nSPS) is 10.6. The molecule has 0 fully saturated rings. The second-order valence-electron chi connectivity index (χ2n) is 3.67. The summed E-state index contributed by atoms with van der Waals surface area (Å²) in [7, 11) is 1.56. The molecule has 1 aromatic rings. The van der Waals surface area contributed by atoms with Crippen molar-refractivity contribution in [2.45, 2.75) is 13.5 Å². The van der Waals surface area contributed by atoms with Gasteiger partial charge >= 0.3 is 5.97 Å². The third kappa shape index (κ3) is 4.24. The minimum Gasteiger partial charge on any atom is -0.495 e. The van der Waals surface area contributed by atoms with Crippen LogP contribution in [0.4, 0.5) is 0 Å². The molecule has 0 bridgehead atoms. The number of carboxylic acid groups (broad SMARTS) is 1. The van der Waals surface area contributed by atoms with Crippen LogP contribution in [0, 0.1) is 0 Å². The summed E-state index contributed by atoms with van der Waals surface area (Å²) in [6.07, 6.45) is 0. The average molecular weight is 258 g/mol. The number of likely N-dealkylation sites (N-methyl/N-ethyl adjacent to an activating group) is 1. The standard InChI is InChI=1S/C12H16ClNO3/c1-3-14(8-12(15)16)7-9-4-5-11(17-2)10(13)6-9/h4-6H,3,7-8H2,1-2H3,(H,15,16). The van der Waals surface area contributed by atoms with Crippen LogP contribution in [0.1, 0.15) is 12.5 Å². The molecule has 0 atom stereocenters. The Labute approximate surface area is 106 Å². The van der Waals surface area contributed by atoms with Gasteiger partial charge in [0.1, 0.15) is 5.75 Å². The van der Waals surface area contributed by atoms with Crippen molar-refractivity contribution < 1.29 is 14.6 Å². The number of nitrogens with zero attached hydrogens (tertiary/aromatic N) is 1. The Hall–Kier alpha value is -1.26. The van der Waals surface area contributed by atoms with E-state index in [0.29, 0.717) is 23.9 Å². The third-order valence-corrected chi connectivity index (χ3v) is 2.72. The zero-order valence-electron chi connectivity index (χ0n) is 9.94. The SMILES string of the molecule is CCN(CC(=O)O)Cc1ccc(OC)c(Cl)c1. The van der Waals surface area contributed by atoms with E-state index in [1.165, 1.54) is 0 Å². The van der Waals surface area contributed by atoms with E-state index in [1.54, 1.807) is 19.2 Å². The number of benzene rings is 1. The Morgan fingerprint density at radius 2 is 2.24 bits per heavy atom. The van der Waals surface area contributed by atoms with Gasteiger partial charge in [0.15, 0.2) is 0 Å². The first-order chi connectivity index (χ1) is 8.06. The molecule has 17 heavy (non-hydrogen) atoms. The molecule has 0 heterocycles. The third-order valence-electron chi connectivity index (χ3n) is 2.43. The molecule has 0 unspecified atom stereocenters. The van der Waals surface area contributed by atoms with Crippen LogP contribution in [0.5, 0.6) is 5.75 Å². The van der Waals surface area contributed by atoms with Crippen molar-refractivity contribution in [3.8, 4) is 5.75 Å². The molecule has 5 heteroatoms. The number of rotatable bonds is 6. The van der Waals surface area contributed by atoms with Crippen molar-refractivity contribution >= 4 is 17.6 Å². The van der Waals surface area contributed by atoms with Crippen LogP contribution in [0.2, 0.25) is 5.02 Å². The van der Waals surface area contributed by atoms with Crippen molar-refractivity contribution in [3.63, 3.8) is 0 Å². The van der Waals surface area contributed by atoms with Gasteiger partial charge in [-0.25, -0.2) is 0 Å². The summed E-state index contributed by atoms with van der Waals surface area (Å²) in [5.41, 5.74) is 0.971. The van der Waals surface area contributed by atoms with Gasteiger partial charge < -0.3 is 9.84 Å². The fourth-order valence-corrected chi connectivity index (χ4v) is 1.82. The molecule has 0 aromatic heterocycles. The van der Waals surface area contributed by atoms with Gasteiger partial charge in [0.2, 0.25) is 0 Å². The van der Waals surface area contributed by atoms with Gasteiger partial charge in [-0.15, -0.1) is 0 Å². The number of hydrogen-bond acceptors (Lipinski definition) is 3. The van der Waals surface area contributed by atoms with E-state index < -0.39 is 5.97 Å². The van der Waals surface area contributed by atoms with E-state index in [9.17, 15) is 4.79 Å². The van der Waals surface area contributed by atoms with Crippen molar-refractivity contribution in [1.29, 1.82) is 0 Å². The molecular weight excluding hydrogens is 242 g/mol. The predicted molar refractivity (Wildman–Crippen MR) is 66.6 cm³/mol. The molecule has 0 aliphatic heterocycles. The summed E-state index contributed by atoms with van der Waals surface area (Å²) in [4.78, 5) is 12.5. The lowest BCUT2D eigenvalue weighted by Gasteiger charge is -2.18. The Balaban J connectivity index is 2.73. The van der Waals surface area contributed by atoms with Gasteiger partial charge in [0.05, 0.1) is 18.7 Å². The number of ether oxygens (including phenoxy) is 1. The largest absolute Gasteiger partial charge is 0.495 e. The van der Waals surface area contributed by atoms with E-state index >= 15 is 0 Å². The van der Waals surface area contributed by atoms with E-state index in [2.05, 4.69) is 0 Å². The maximum Gasteiger partial charge on any atom is 0.317 e. The van der Waals surface area contributed by atoms with Crippen LogP contribution in [-0.4, -0.2) is 36.2 Å². The highest BCUT2D eigenvalue weighted by molar-refractivity contribution is 6.32. The molecule has 0 saturated heterocycles. The minimum absolute atomic E-state index is 0.0279. The Morgan fingerprint density at radius 1 is 1.53 bits per heavy atom. The van der Waals surface area contributed by atoms with Crippen molar-refractivity contribution in [2.75, 3.05) is 20.2 Å². The monoisotopic (exact) mass is 257 g/mol. The van der Waals surface area contributed by atoms with Crippen LogP contribution < -0.4 is 4.74 Å². The summed E-state index contributed by atoms with van der Waals surface area (Å²) >= 11 is 6.00. The summed E-state index contributed by atoms with van der Waals surface area (Å²) in [5, 5.41) is 9.28. The van der Waals surface area contributed by atoms with Crippen LogP contribution in [0.25, 0.3) is 0 Å². The first kappa shape index (κ1) is 13.8. The second kappa shape index (κ2) is 6.47. The first-order valence-corrected chi connectivity index (χ1v) is 5.71. The van der Waals surface area contributed by atoms with Gasteiger partial charge in [-0.2, -0.15) is 0 Å². The van der Waals surface area contributed by atoms with Gasteiger partial charge in [0, 0.05) is 6.54 Å². The highest BCUT2D eigenvalue weighted by atomic mass is 35.5. The summed E-state index contributed by atoms with van der Waals surface area (Å²) in [5.74, 6) is -0.205. The maximum absolute atomic E-state index is 10.6. The predicted octanol–water partition coefficient (Wildman–Crippen LogP) is 2.26. The average Bonchev–Trinajstić information content (AvgIpc) is 2.27. The number of carbonyl (C=O) groups is 1. The zero-order valence-corrected chi connectivity index (χ0v) is 10.7. The number of hydrogen-bond donors (Lipinski definition) is 1. The molecule has 1 aromatic carbocycles. The van der Waals surface area contributed by atoms with Crippen LogP contribution >= 0.6 is 11.6 Å².